The minimum atomic E-state index is -0.845. The minimum absolute atomic E-state index is 0.0947. The molecule has 1 aliphatic rings. The summed E-state index contributed by atoms with van der Waals surface area (Å²) in [4.78, 5) is 22.2. The summed E-state index contributed by atoms with van der Waals surface area (Å²) < 4.78 is 49.3. The summed E-state index contributed by atoms with van der Waals surface area (Å²) in [6.45, 7) is -0.131. The third kappa shape index (κ3) is 3.46. The Hall–Kier alpha value is -4.74. The van der Waals surface area contributed by atoms with Crippen LogP contribution < -0.4 is 4.90 Å². The molecule has 2 aromatic carbocycles. The van der Waals surface area contributed by atoms with Crippen molar-refractivity contribution < 1.29 is 22.7 Å². The van der Waals surface area contributed by atoms with Crippen LogP contribution in [-0.4, -0.2) is 42.5 Å². The number of carbonyl (C=O) groups is 1. The van der Waals surface area contributed by atoms with Gasteiger partial charge in [-0.05, 0) is 29.8 Å². The number of rotatable bonds is 4. The number of H-pyrrole nitrogens is 1. The number of amides is 1. The SMILES string of the molecule is O=C1OCC(c2ccc(F)cc2F)N1c1ccn2ncc(-c3ccc(-c4nc[nH]n4)c(F)c3)c2n1. The minimum Gasteiger partial charge on any atom is -0.447 e. The number of anilines is 1. The maximum atomic E-state index is 14.8. The van der Waals surface area contributed by atoms with E-state index in [1.165, 1.54) is 40.1 Å². The lowest BCUT2D eigenvalue weighted by molar-refractivity contribution is 0.178. The quantitative estimate of drug-likeness (QED) is 0.414. The van der Waals surface area contributed by atoms with Crippen molar-refractivity contribution >= 4 is 17.6 Å². The lowest BCUT2D eigenvalue weighted by Gasteiger charge is -2.21. The van der Waals surface area contributed by atoms with E-state index in [9.17, 15) is 18.0 Å². The first-order chi connectivity index (χ1) is 17.0. The normalized spacial score (nSPS) is 15.7. The van der Waals surface area contributed by atoms with E-state index in [1.807, 2.05) is 0 Å². The summed E-state index contributed by atoms with van der Waals surface area (Å²) in [5, 5.41) is 10.7. The van der Waals surface area contributed by atoms with Crippen molar-refractivity contribution in [3.05, 3.63) is 84.2 Å². The van der Waals surface area contributed by atoms with Crippen molar-refractivity contribution in [3.8, 4) is 22.5 Å². The Morgan fingerprint density at radius 3 is 2.69 bits per heavy atom. The van der Waals surface area contributed by atoms with Crippen molar-refractivity contribution in [2.45, 2.75) is 6.04 Å². The van der Waals surface area contributed by atoms with Gasteiger partial charge in [0.2, 0.25) is 0 Å². The fourth-order valence-electron chi connectivity index (χ4n) is 4.08. The zero-order valence-electron chi connectivity index (χ0n) is 17.7. The molecule has 0 aliphatic carbocycles. The van der Waals surface area contributed by atoms with E-state index >= 15 is 0 Å². The monoisotopic (exact) mass is 477 g/mol. The third-order valence-electron chi connectivity index (χ3n) is 5.73. The Morgan fingerprint density at radius 1 is 1.03 bits per heavy atom. The molecular weight excluding hydrogens is 463 g/mol. The van der Waals surface area contributed by atoms with Crippen LogP contribution in [0.2, 0.25) is 0 Å². The molecule has 12 heteroatoms. The van der Waals surface area contributed by atoms with Gasteiger partial charge < -0.3 is 4.74 Å². The average molecular weight is 477 g/mol. The Labute approximate surface area is 194 Å². The van der Waals surface area contributed by atoms with Gasteiger partial charge in [0.15, 0.2) is 11.5 Å². The number of cyclic esters (lactones) is 1. The molecule has 0 radical (unpaired) electrons. The van der Waals surface area contributed by atoms with Gasteiger partial charge in [0.05, 0.1) is 11.8 Å². The molecule has 3 aromatic heterocycles. The predicted molar refractivity (Wildman–Crippen MR) is 117 cm³/mol. The molecule has 1 saturated heterocycles. The first kappa shape index (κ1) is 20.8. The van der Waals surface area contributed by atoms with Crippen LogP contribution in [0.3, 0.4) is 0 Å². The molecule has 1 N–H and O–H groups in total. The first-order valence-electron chi connectivity index (χ1n) is 10.4. The summed E-state index contributed by atoms with van der Waals surface area (Å²) in [5.41, 5.74) is 1.66. The van der Waals surface area contributed by atoms with Crippen LogP contribution >= 0.6 is 0 Å². The van der Waals surface area contributed by atoms with Crippen LogP contribution in [-0.2, 0) is 4.74 Å². The molecule has 174 valence electrons. The Morgan fingerprint density at radius 2 is 1.91 bits per heavy atom. The van der Waals surface area contributed by atoms with Gasteiger partial charge in [-0.2, -0.15) is 10.2 Å². The van der Waals surface area contributed by atoms with E-state index in [4.69, 9.17) is 4.74 Å². The molecule has 1 fully saturated rings. The predicted octanol–water partition coefficient (Wildman–Crippen LogP) is 4.30. The second-order valence-corrected chi connectivity index (χ2v) is 7.76. The van der Waals surface area contributed by atoms with Crippen molar-refractivity contribution in [1.82, 2.24) is 29.8 Å². The van der Waals surface area contributed by atoms with Crippen LogP contribution in [0.25, 0.3) is 28.2 Å². The van der Waals surface area contributed by atoms with Crippen molar-refractivity contribution in [2.24, 2.45) is 0 Å². The molecule has 0 spiro atoms. The summed E-state index contributed by atoms with van der Waals surface area (Å²) in [5.74, 6) is -1.67. The Bertz CT molecular complexity index is 1590. The maximum Gasteiger partial charge on any atom is 0.416 e. The lowest BCUT2D eigenvalue weighted by Crippen LogP contribution is -2.29. The second kappa shape index (κ2) is 7.94. The fourth-order valence-corrected chi connectivity index (χ4v) is 4.08. The average Bonchev–Trinajstić information content (AvgIpc) is 3.59. The molecular formula is C23H14F3N7O2. The number of hydrogen-bond donors (Lipinski definition) is 1. The highest BCUT2D eigenvalue weighted by molar-refractivity contribution is 5.90. The lowest BCUT2D eigenvalue weighted by atomic mass is 10.1. The fraction of sp³-hybridized carbons (Fsp3) is 0.0870. The summed E-state index contributed by atoms with van der Waals surface area (Å²) in [6.07, 6.45) is 3.72. The standard InChI is InChI=1S/C23H14F3N7O2/c24-13-2-4-14(18(26)8-13)19-10-35-23(34)33(19)20-5-6-32-22(30-20)16(9-29-32)12-1-3-15(17(25)7-12)21-27-11-28-31-21/h1-9,11,19H,10H2,(H,27,28,31). The highest BCUT2D eigenvalue weighted by Gasteiger charge is 2.38. The molecule has 5 aromatic rings. The Balaban J connectivity index is 1.41. The molecule has 1 amide bonds. The third-order valence-corrected chi connectivity index (χ3v) is 5.73. The van der Waals surface area contributed by atoms with Gasteiger partial charge in [0.25, 0.3) is 0 Å². The van der Waals surface area contributed by atoms with Gasteiger partial charge in [-0.3, -0.25) is 10.00 Å². The number of aromatic nitrogens is 6. The number of halogens is 3. The van der Waals surface area contributed by atoms with E-state index in [-0.39, 0.29) is 29.4 Å². The van der Waals surface area contributed by atoms with Crippen molar-refractivity contribution in [3.63, 3.8) is 0 Å². The van der Waals surface area contributed by atoms with E-state index in [0.29, 0.717) is 16.8 Å². The van der Waals surface area contributed by atoms with Crippen LogP contribution in [0.4, 0.5) is 23.8 Å². The zero-order chi connectivity index (χ0) is 24.1. The van der Waals surface area contributed by atoms with E-state index < -0.39 is 29.6 Å². The van der Waals surface area contributed by atoms with E-state index in [0.717, 1.165) is 12.1 Å². The van der Waals surface area contributed by atoms with Crippen molar-refractivity contribution in [2.75, 3.05) is 11.5 Å². The van der Waals surface area contributed by atoms with E-state index in [1.54, 1.807) is 18.3 Å². The Kier molecular flexibility index (Phi) is 4.73. The smallest absolute Gasteiger partial charge is 0.416 e. The van der Waals surface area contributed by atoms with Gasteiger partial charge in [0.1, 0.15) is 42.2 Å². The van der Waals surface area contributed by atoms with Gasteiger partial charge in [-0.1, -0.05) is 12.1 Å². The van der Waals surface area contributed by atoms with Crippen molar-refractivity contribution in [1.29, 1.82) is 0 Å². The second-order valence-electron chi connectivity index (χ2n) is 7.76. The number of carbonyl (C=O) groups excluding carboxylic acids is 1. The number of benzene rings is 2. The number of nitrogens with zero attached hydrogens (tertiary/aromatic N) is 6. The largest absolute Gasteiger partial charge is 0.447 e. The number of ether oxygens (including phenoxy) is 1. The molecule has 1 atom stereocenters. The maximum absolute atomic E-state index is 14.8. The summed E-state index contributed by atoms with van der Waals surface area (Å²) >= 11 is 0. The molecule has 1 aliphatic heterocycles. The molecule has 35 heavy (non-hydrogen) atoms. The summed E-state index contributed by atoms with van der Waals surface area (Å²) in [6, 6.07) is 8.36. The first-order valence-corrected chi connectivity index (χ1v) is 10.4. The molecule has 6 rings (SSSR count). The topological polar surface area (TPSA) is 101 Å². The highest BCUT2D eigenvalue weighted by atomic mass is 19.1. The number of fused-ring (bicyclic) bond motifs is 1. The molecule has 0 saturated carbocycles. The number of aromatic amines is 1. The van der Waals surface area contributed by atoms with Gasteiger partial charge >= 0.3 is 6.09 Å². The van der Waals surface area contributed by atoms with Gasteiger partial charge in [0, 0.05) is 23.4 Å². The van der Waals surface area contributed by atoms with E-state index in [2.05, 4.69) is 25.3 Å². The van der Waals surface area contributed by atoms with Crippen LogP contribution in [0.15, 0.2) is 61.2 Å². The highest BCUT2D eigenvalue weighted by Crippen LogP contribution is 2.35. The van der Waals surface area contributed by atoms with Gasteiger partial charge in [-0.25, -0.2) is 32.4 Å². The molecule has 0 bridgehead atoms. The zero-order valence-corrected chi connectivity index (χ0v) is 17.7. The van der Waals surface area contributed by atoms with Crippen LogP contribution in [0, 0.1) is 17.5 Å². The van der Waals surface area contributed by atoms with Gasteiger partial charge in [-0.15, -0.1) is 0 Å². The molecule has 4 heterocycles. The van der Waals surface area contributed by atoms with Crippen LogP contribution in [0.1, 0.15) is 11.6 Å². The molecule has 9 nitrogen and oxygen atoms in total. The summed E-state index contributed by atoms with van der Waals surface area (Å²) in [7, 11) is 0. The number of nitrogens with one attached hydrogen (secondary N) is 1. The number of hydrogen-bond acceptors (Lipinski definition) is 6. The van der Waals surface area contributed by atoms with Crippen LogP contribution in [0.5, 0.6) is 0 Å². The molecule has 1 unspecified atom stereocenters.